The molecule has 25 heavy (non-hydrogen) atoms. The molecule has 0 spiro atoms. The van der Waals surface area contributed by atoms with Gasteiger partial charge in [0, 0.05) is 35.2 Å². The highest BCUT2D eigenvalue weighted by molar-refractivity contribution is 6.30. The van der Waals surface area contributed by atoms with Gasteiger partial charge >= 0.3 is 6.03 Å². The van der Waals surface area contributed by atoms with E-state index < -0.39 is 0 Å². The third-order valence-corrected chi connectivity index (χ3v) is 4.47. The maximum atomic E-state index is 12.2. The molecule has 2 aromatic rings. The Balaban J connectivity index is 1.51. The van der Waals surface area contributed by atoms with E-state index in [1.54, 1.807) is 41.3 Å². The molecule has 1 heterocycles. The number of nitrogens with one attached hydrogen (secondary N) is 2. The smallest absolute Gasteiger partial charge is 0.315 e. The molecular formula is C18H17Cl2N3O2. The van der Waals surface area contributed by atoms with Crippen LogP contribution in [-0.2, 0) is 11.3 Å². The molecule has 7 heteroatoms. The minimum Gasteiger partial charge on any atom is -0.334 e. The third-order valence-electron chi connectivity index (χ3n) is 3.96. The summed E-state index contributed by atoms with van der Waals surface area (Å²) in [6.07, 6.45) is 0.275. The summed E-state index contributed by atoms with van der Waals surface area (Å²) in [4.78, 5) is 25.9. The van der Waals surface area contributed by atoms with Crippen molar-refractivity contribution in [3.05, 3.63) is 64.1 Å². The number of amides is 3. The second-order valence-corrected chi connectivity index (χ2v) is 6.71. The first-order chi connectivity index (χ1) is 12.0. The number of benzene rings is 2. The van der Waals surface area contributed by atoms with E-state index in [9.17, 15) is 9.59 Å². The molecule has 130 valence electrons. The highest BCUT2D eigenvalue weighted by Gasteiger charge is 2.31. The Kier molecular flexibility index (Phi) is 5.46. The van der Waals surface area contributed by atoms with Gasteiger partial charge in [-0.15, -0.1) is 0 Å². The SMILES string of the molecule is O=C(NCc1ccc(Cl)cc1)N[C@@H]1CC(=O)N(c2ccc(Cl)cc2)C1. The van der Waals surface area contributed by atoms with Gasteiger partial charge in [-0.3, -0.25) is 4.79 Å². The van der Waals surface area contributed by atoms with Gasteiger partial charge in [0.1, 0.15) is 0 Å². The van der Waals surface area contributed by atoms with Crippen LogP contribution in [0.5, 0.6) is 0 Å². The Bertz CT molecular complexity index is 763. The van der Waals surface area contributed by atoms with Crippen LogP contribution in [0.25, 0.3) is 0 Å². The monoisotopic (exact) mass is 377 g/mol. The Morgan fingerprint density at radius 1 is 1.04 bits per heavy atom. The molecule has 0 aromatic heterocycles. The van der Waals surface area contributed by atoms with Crippen LogP contribution in [0, 0.1) is 0 Å². The van der Waals surface area contributed by atoms with Crippen molar-refractivity contribution >= 4 is 40.8 Å². The predicted octanol–water partition coefficient (Wildman–Crippen LogP) is 3.60. The van der Waals surface area contributed by atoms with Gasteiger partial charge in [0.2, 0.25) is 5.91 Å². The molecular weight excluding hydrogens is 361 g/mol. The molecule has 5 nitrogen and oxygen atoms in total. The first-order valence-corrected chi connectivity index (χ1v) is 8.61. The van der Waals surface area contributed by atoms with Crippen LogP contribution >= 0.6 is 23.2 Å². The number of hydrogen-bond acceptors (Lipinski definition) is 2. The van der Waals surface area contributed by atoms with Crippen molar-refractivity contribution in [2.24, 2.45) is 0 Å². The number of nitrogens with zero attached hydrogens (tertiary/aromatic N) is 1. The zero-order valence-corrected chi connectivity index (χ0v) is 14.8. The second kappa shape index (κ2) is 7.76. The highest BCUT2D eigenvalue weighted by atomic mass is 35.5. The molecule has 1 saturated heterocycles. The van der Waals surface area contributed by atoms with Gasteiger partial charge in [0.15, 0.2) is 0 Å². The summed E-state index contributed by atoms with van der Waals surface area (Å²) in [6, 6.07) is 13.8. The predicted molar refractivity (Wildman–Crippen MR) is 99.0 cm³/mol. The molecule has 0 bridgehead atoms. The first kappa shape index (κ1) is 17.6. The normalized spacial score (nSPS) is 16.8. The van der Waals surface area contributed by atoms with Gasteiger partial charge in [0.25, 0.3) is 0 Å². The lowest BCUT2D eigenvalue weighted by Crippen LogP contribution is -2.43. The Labute approximate surface area is 155 Å². The summed E-state index contributed by atoms with van der Waals surface area (Å²) in [5, 5.41) is 6.89. The molecule has 2 aromatic carbocycles. The zero-order chi connectivity index (χ0) is 17.8. The van der Waals surface area contributed by atoms with Gasteiger partial charge in [-0.05, 0) is 42.0 Å². The standard InChI is InChI=1S/C18H17Cl2N3O2/c19-13-3-1-12(2-4-13)10-21-18(25)22-15-9-17(24)23(11-15)16-7-5-14(20)6-8-16/h1-8,15H,9-11H2,(H2,21,22,25)/t15-/m1/s1. The van der Waals surface area contributed by atoms with Crippen LogP contribution in [0.1, 0.15) is 12.0 Å². The third kappa shape index (κ3) is 4.65. The molecule has 2 N–H and O–H groups in total. The van der Waals surface area contributed by atoms with E-state index in [0.29, 0.717) is 23.1 Å². The molecule has 1 aliphatic heterocycles. The van der Waals surface area contributed by atoms with Crippen molar-refractivity contribution in [2.75, 3.05) is 11.4 Å². The topological polar surface area (TPSA) is 61.4 Å². The van der Waals surface area contributed by atoms with Crippen molar-refractivity contribution in [2.45, 2.75) is 19.0 Å². The quantitative estimate of drug-likeness (QED) is 0.854. The lowest BCUT2D eigenvalue weighted by molar-refractivity contribution is -0.117. The van der Waals surface area contributed by atoms with Crippen LogP contribution < -0.4 is 15.5 Å². The number of carbonyl (C=O) groups is 2. The number of hydrogen-bond donors (Lipinski definition) is 2. The Morgan fingerprint density at radius 2 is 1.64 bits per heavy atom. The van der Waals surface area contributed by atoms with E-state index in [1.807, 2.05) is 12.1 Å². The molecule has 0 saturated carbocycles. The molecule has 3 rings (SSSR count). The largest absolute Gasteiger partial charge is 0.334 e. The minimum absolute atomic E-state index is 0.0228. The van der Waals surface area contributed by atoms with E-state index in [0.717, 1.165) is 11.3 Å². The van der Waals surface area contributed by atoms with E-state index >= 15 is 0 Å². The summed E-state index contributed by atoms with van der Waals surface area (Å²) in [6.45, 7) is 0.833. The molecule has 0 unspecified atom stereocenters. The number of anilines is 1. The van der Waals surface area contributed by atoms with E-state index in [-0.39, 0.29) is 24.4 Å². The van der Waals surface area contributed by atoms with Crippen molar-refractivity contribution < 1.29 is 9.59 Å². The first-order valence-electron chi connectivity index (χ1n) is 7.86. The van der Waals surface area contributed by atoms with Crippen LogP contribution in [0.15, 0.2) is 48.5 Å². The van der Waals surface area contributed by atoms with Gasteiger partial charge < -0.3 is 15.5 Å². The molecule has 0 radical (unpaired) electrons. The number of rotatable bonds is 4. The van der Waals surface area contributed by atoms with Gasteiger partial charge in [-0.1, -0.05) is 35.3 Å². The molecule has 0 aliphatic carbocycles. The second-order valence-electron chi connectivity index (χ2n) is 5.84. The van der Waals surface area contributed by atoms with E-state index in [1.165, 1.54) is 0 Å². The van der Waals surface area contributed by atoms with Crippen LogP contribution in [0.3, 0.4) is 0 Å². The van der Waals surface area contributed by atoms with Crippen molar-refractivity contribution in [1.29, 1.82) is 0 Å². The fourth-order valence-corrected chi connectivity index (χ4v) is 2.95. The Hall–Kier alpha value is -2.24. The molecule has 1 fully saturated rings. The fraction of sp³-hybridized carbons (Fsp3) is 0.222. The maximum Gasteiger partial charge on any atom is 0.315 e. The van der Waals surface area contributed by atoms with Crippen LogP contribution in [0.4, 0.5) is 10.5 Å². The summed E-state index contributed by atoms with van der Waals surface area (Å²) >= 11 is 11.7. The van der Waals surface area contributed by atoms with Gasteiger partial charge in [-0.25, -0.2) is 4.79 Å². The van der Waals surface area contributed by atoms with Crippen LogP contribution in [-0.4, -0.2) is 24.5 Å². The van der Waals surface area contributed by atoms with Crippen molar-refractivity contribution in [1.82, 2.24) is 10.6 Å². The van der Waals surface area contributed by atoms with Crippen molar-refractivity contribution in [3.63, 3.8) is 0 Å². The van der Waals surface area contributed by atoms with E-state index in [4.69, 9.17) is 23.2 Å². The summed E-state index contributed by atoms with van der Waals surface area (Å²) in [5.74, 6) is -0.0228. The Morgan fingerprint density at radius 3 is 2.28 bits per heavy atom. The fourth-order valence-electron chi connectivity index (χ4n) is 2.70. The molecule has 1 atom stereocenters. The lowest BCUT2D eigenvalue weighted by atomic mass is 10.2. The zero-order valence-electron chi connectivity index (χ0n) is 13.3. The maximum absolute atomic E-state index is 12.2. The van der Waals surface area contributed by atoms with Gasteiger partial charge in [0.05, 0.1) is 6.04 Å². The minimum atomic E-state index is -0.300. The highest BCUT2D eigenvalue weighted by Crippen LogP contribution is 2.23. The lowest BCUT2D eigenvalue weighted by Gasteiger charge is -2.17. The van der Waals surface area contributed by atoms with Crippen molar-refractivity contribution in [3.8, 4) is 0 Å². The average Bonchev–Trinajstić information content (AvgIpc) is 2.95. The summed E-state index contributed by atoms with van der Waals surface area (Å²) < 4.78 is 0. The van der Waals surface area contributed by atoms with Crippen LogP contribution in [0.2, 0.25) is 10.0 Å². The molecule has 1 aliphatic rings. The van der Waals surface area contributed by atoms with E-state index in [2.05, 4.69) is 10.6 Å². The number of carbonyl (C=O) groups excluding carboxylic acids is 2. The summed E-state index contributed by atoms with van der Waals surface area (Å²) in [5.41, 5.74) is 1.73. The number of urea groups is 1. The summed E-state index contributed by atoms with van der Waals surface area (Å²) in [7, 11) is 0. The number of halogens is 2. The molecule has 3 amide bonds. The average molecular weight is 378 g/mol. The van der Waals surface area contributed by atoms with Gasteiger partial charge in [-0.2, -0.15) is 0 Å².